The fourth-order valence-corrected chi connectivity index (χ4v) is 5.93. The third-order valence-corrected chi connectivity index (χ3v) is 7.32. The summed E-state index contributed by atoms with van der Waals surface area (Å²) in [5.74, 6) is 0. The molecule has 0 aromatic rings. The molecule has 0 aliphatic heterocycles. The van der Waals surface area contributed by atoms with Gasteiger partial charge in [-0.25, -0.2) is 0 Å². The Labute approximate surface area is 73.0 Å². The van der Waals surface area contributed by atoms with E-state index in [2.05, 4.69) is 18.8 Å². The molecule has 0 bridgehead atoms. The first-order valence-corrected chi connectivity index (χ1v) is 10.0. The average molecular weight is 257 g/mol. The van der Waals surface area contributed by atoms with Crippen LogP contribution in [0.4, 0.5) is 0 Å². The van der Waals surface area contributed by atoms with E-state index in [9.17, 15) is 0 Å². The predicted molar refractivity (Wildman–Crippen MR) is 51.0 cm³/mol. The minimum atomic E-state index is -0.508. The Balaban J connectivity index is 3.00. The van der Waals surface area contributed by atoms with Crippen LogP contribution in [0.15, 0.2) is 0 Å². The zero-order valence-electron chi connectivity index (χ0n) is 7.65. The standard InChI is InChI=1S/C9H21Te/c1-4-6-8-10(3)9-7-5-2/h4-9H2,1-3H3/q+1. The summed E-state index contributed by atoms with van der Waals surface area (Å²) in [6, 6.07) is 0. The molecule has 0 saturated carbocycles. The Morgan fingerprint density at radius 3 is 1.60 bits per heavy atom. The quantitative estimate of drug-likeness (QED) is 0.636. The molecule has 1 heteroatoms. The van der Waals surface area contributed by atoms with Crippen LogP contribution in [0.2, 0.25) is 13.9 Å². The van der Waals surface area contributed by atoms with Crippen molar-refractivity contribution in [2.45, 2.75) is 53.4 Å². The molecule has 0 radical (unpaired) electrons. The summed E-state index contributed by atoms with van der Waals surface area (Å²) in [5.41, 5.74) is 0. The van der Waals surface area contributed by atoms with Crippen molar-refractivity contribution in [3.63, 3.8) is 0 Å². The number of hydrogen-bond acceptors (Lipinski definition) is 0. The van der Waals surface area contributed by atoms with E-state index in [0.717, 1.165) is 0 Å². The second-order valence-corrected chi connectivity index (χ2v) is 9.69. The molecule has 0 atom stereocenters. The third kappa shape index (κ3) is 6.90. The normalized spacial score (nSPS) is 10.8. The third-order valence-electron chi connectivity index (χ3n) is 1.69. The molecular formula is C9H21Te+. The van der Waals surface area contributed by atoms with Crippen molar-refractivity contribution >= 4 is 19.6 Å². The summed E-state index contributed by atoms with van der Waals surface area (Å²) in [7, 11) is 0. The Kier molecular flexibility index (Phi) is 8.51. The molecule has 62 valence electrons. The second-order valence-electron chi connectivity index (χ2n) is 2.90. The van der Waals surface area contributed by atoms with Gasteiger partial charge in [0.1, 0.15) is 0 Å². The van der Waals surface area contributed by atoms with Crippen LogP contribution in [-0.2, 0) is 0 Å². The summed E-state index contributed by atoms with van der Waals surface area (Å²) in [6.45, 7) is 4.60. The molecule has 0 unspecified atom stereocenters. The molecule has 0 aliphatic carbocycles. The fourth-order valence-electron chi connectivity index (χ4n) is 0.884. The van der Waals surface area contributed by atoms with Gasteiger partial charge < -0.3 is 0 Å². The predicted octanol–water partition coefficient (Wildman–Crippen LogP) is 3.71. The van der Waals surface area contributed by atoms with Crippen molar-refractivity contribution in [2.75, 3.05) is 0 Å². The van der Waals surface area contributed by atoms with Gasteiger partial charge in [0.2, 0.25) is 0 Å². The van der Waals surface area contributed by atoms with Crippen molar-refractivity contribution < 1.29 is 0 Å². The Bertz CT molecular complexity index is 53.7. The minimum absolute atomic E-state index is 0.508. The van der Waals surface area contributed by atoms with Gasteiger partial charge in [0.15, 0.2) is 0 Å². The van der Waals surface area contributed by atoms with Gasteiger partial charge >= 0.3 is 73.0 Å². The first-order valence-electron chi connectivity index (χ1n) is 4.40. The van der Waals surface area contributed by atoms with Gasteiger partial charge in [0, 0.05) is 0 Å². The van der Waals surface area contributed by atoms with Gasteiger partial charge in [0.05, 0.1) is 0 Å². The van der Waals surface area contributed by atoms with Crippen LogP contribution in [0, 0.1) is 0 Å². The molecule has 0 N–H and O–H groups in total. The summed E-state index contributed by atoms with van der Waals surface area (Å²) < 4.78 is 3.22. The average Bonchev–Trinajstić information content (AvgIpc) is 1.97. The zero-order chi connectivity index (χ0) is 7.82. The first-order chi connectivity index (χ1) is 4.81. The van der Waals surface area contributed by atoms with Crippen LogP contribution in [0.5, 0.6) is 0 Å². The van der Waals surface area contributed by atoms with E-state index in [1.54, 1.807) is 8.94 Å². The monoisotopic (exact) mass is 259 g/mol. The van der Waals surface area contributed by atoms with Crippen LogP contribution < -0.4 is 0 Å². The van der Waals surface area contributed by atoms with Crippen LogP contribution in [0.3, 0.4) is 0 Å². The summed E-state index contributed by atoms with van der Waals surface area (Å²) in [4.78, 5) is 2.55. The maximum atomic E-state index is 2.55. The molecule has 10 heavy (non-hydrogen) atoms. The van der Waals surface area contributed by atoms with Crippen LogP contribution in [0.25, 0.3) is 0 Å². The topological polar surface area (TPSA) is 0 Å². The number of rotatable bonds is 6. The summed E-state index contributed by atoms with van der Waals surface area (Å²) >= 11 is -0.508. The molecule has 0 nitrogen and oxygen atoms in total. The van der Waals surface area contributed by atoms with Gasteiger partial charge in [-0.05, 0) is 0 Å². The summed E-state index contributed by atoms with van der Waals surface area (Å²) in [6.07, 6.45) is 5.79. The zero-order valence-corrected chi connectivity index (χ0v) is 9.98. The van der Waals surface area contributed by atoms with Crippen LogP contribution >= 0.6 is 0 Å². The van der Waals surface area contributed by atoms with E-state index >= 15 is 0 Å². The molecule has 0 aliphatic rings. The van der Waals surface area contributed by atoms with E-state index in [1.807, 2.05) is 0 Å². The summed E-state index contributed by atoms with van der Waals surface area (Å²) in [5, 5.41) is 0. The molecule has 0 amide bonds. The Morgan fingerprint density at radius 1 is 0.900 bits per heavy atom. The second kappa shape index (κ2) is 7.89. The van der Waals surface area contributed by atoms with Gasteiger partial charge in [-0.2, -0.15) is 0 Å². The molecule has 0 saturated heterocycles. The molecule has 0 aromatic heterocycles. The Hall–Kier alpha value is 0.790. The number of unbranched alkanes of at least 4 members (excludes halogenated alkanes) is 2. The van der Waals surface area contributed by atoms with E-state index in [4.69, 9.17) is 0 Å². The van der Waals surface area contributed by atoms with Crippen LogP contribution in [0.1, 0.15) is 39.5 Å². The van der Waals surface area contributed by atoms with Crippen LogP contribution in [-0.4, -0.2) is 19.6 Å². The van der Waals surface area contributed by atoms with Gasteiger partial charge in [-0.3, -0.25) is 0 Å². The van der Waals surface area contributed by atoms with E-state index in [-0.39, 0.29) is 0 Å². The van der Waals surface area contributed by atoms with E-state index in [0.29, 0.717) is 0 Å². The molecule has 0 aromatic carbocycles. The molecule has 0 heterocycles. The van der Waals surface area contributed by atoms with Crippen molar-refractivity contribution in [1.29, 1.82) is 0 Å². The van der Waals surface area contributed by atoms with Crippen molar-refractivity contribution in [2.24, 2.45) is 0 Å². The van der Waals surface area contributed by atoms with E-state index in [1.165, 1.54) is 25.7 Å². The number of hydrogen-bond donors (Lipinski definition) is 0. The molecule has 0 rings (SSSR count). The maximum absolute atomic E-state index is 2.55. The SMILES string of the molecule is CCCC[Te+](C)CCCC. The van der Waals surface area contributed by atoms with Crippen molar-refractivity contribution in [3.05, 3.63) is 0 Å². The van der Waals surface area contributed by atoms with Gasteiger partial charge in [-0.1, -0.05) is 0 Å². The molecule has 0 fully saturated rings. The van der Waals surface area contributed by atoms with Gasteiger partial charge in [0.25, 0.3) is 0 Å². The van der Waals surface area contributed by atoms with Gasteiger partial charge in [-0.15, -0.1) is 0 Å². The molecular weight excluding hydrogens is 236 g/mol. The molecule has 0 spiro atoms. The Morgan fingerprint density at radius 2 is 1.30 bits per heavy atom. The first kappa shape index (κ1) is 10.8. The fraction of sp³-hybridized carbons (Fsp3) is 1.00. The van der Waals surface area contributed by atoms with Crippen molar-refractivity contribution in [3.8, 4) is 0 Å². The van der Waals surface area contributed by atoms with E-state index < -0.39 is 19.6 Å². The van der Waals surface area contributed by atoms with Crippen molar-refractivity contribution in [1.82, 2.24) is 0 Å².